The van der Waals surface area contributed by atoms with Gasteiger partial charge in [-0.2, -0.15) is 0 Å². The quantitative estimate of drug-likeness (QED) is 0.790. The van der Waals surface area contributed by atoms with Crippen LogP contribution in [0.4, 0.5) is 13.6 Å². The number of benzene rings is 2. The van der Waals surface area contributed by atoms with Gasteiger partial charge in [-0.05, 0) is 50.1 Å². The summed E-state index contributed by atoms with van der Waals surface area (Å²) in [5.74, 6) is -1.29. The molecule has 8 heteroatoms. The van der Waals surface area contributed by atoms with Gasteiger partial charge in [-0.25, -0.2) is 22.0 Å². The van der Waals surface area contributed by atoms with E-state index >= 15 is 0 Å². The smallest absolute Gasteiger partial charge is 0.317 e. The summed E-state index contributed by atoms with van der Waals surface area (Å²) < 4.78 is 50.6. The minimum absolute atomic E-state index is 0.0233. The first-order chi connectivity index (χ1) is 13.0. The van der Waals surface area contributed by atoms with Gasteiger partial charge in [-0.1, -0.05) is 18.2 Å². The van der Waals surface area contributed by atoms with Crippen LogP contribution in [0.15, 0.2) is 47.4 Å². The van der Waals surface area contributed by atoms with Crippen LogP contribution in [0.3, 0.4) is 0 Å². The number of sulfone groups is 1. The average Bonchev–Trinajstić information content (AvgIpc) is 2.63. The summed E-state index contributed by atoms with van der Waals surface area (Å²) in [5, 5.41) is 2.73. The van der Waals surface area contributed by atoms with Crippen LogP contribution in [0.2, 0.25) is 0 Å². The van der Waals surface area contributed by atoms with Crippen LogP contribution in [0, 0.1) is 11.6 Å². The molecule has 5 nitrogen and oxygen atoms in total. The zero-order chi connectivity index (χ0) is 21.1. The fourth-order valence-electron chi connectivity index (χ4n) is 2.79. The number of hydrogen-bond donors (Lipinski definition) is 1. The van der Waals surface area contributed by atoms with Crippen molar-refractivity contribution < 1.29 is 22.0 Å². The third-order valence-electron chi connectivity index (χ3n) is 4.63. The lowest BCUT2D eigenvalue weighted by molar-refractivity contribution is 0.191. The van der Waals surface area contributed by atoms with Gasteiger partial charge in [0.05, 0.1) is 10.9 Å². The number of nitrogens with one attached hydrogen (secondary N) is 1. The molecule has 1 N–H and O–H groups in total. The second kappa shape index (κ2) is 8.68. The summed E-state index contributed by atoms with van der Waals surface area (Å²) >= 11 is 0. The molecule has 0 bridgehead atoms. The first-order valence-corrected chi connectivity index (χ1v) is 10.7. The highest BCUT2D eigenvalue weighted by Crippen LogP contribution is 2.21. The van der Waals surface area contributed by atoms with Crippen molar-refractivity contribution in [3.8, 4) is 0 Å². The number of carbonyl (C=O) groups excluding carboxylic acids is 1. The Labute approximate surface area is 164 Å². The number of nitrogens with zero attached hydrogens (tertiary/aromatic N) is 1. The van der Waals surface area contributed by atoms with Crippen LogP contribution in [0.1, 0.15) is 31.0 Å². The first-order valence-electron chi connectivity index (χ1n) is 8.77. The molecule has 0 radical (unpaired) electrons. The van der Waals surface area contributed by atoms with Gasteiger partial charge in [-0.15, -0.1) is 0 Å². The molecule has 28 heavy (non-hydrogen) atoms. The highest BCUT2D eigenvalue weighted by molar-refractivity contribution is 7.90. The second-order valence-corrected chi connectivity index (χ2v) is 8.90. The number of hydrogen-bond acceptors (Lipinski definition) is 3. The predicted molar refractivity (Wildman–Crippen MR) is 104 cm³/mol. The van der Waals surface area contributed by atoms with Gasteiger partial charge in [0.1, 0.15) is 11.6 Å². The van der Waals surface area contributed by atoms with E-state index in [1.807, 2.05) is 0 Å². The first kappa shape index (κ1) is 21.8. The van der Waals surface area contributed by atoms with E-state index in [-0.39, 0.29) is 22.9 Å². The molecule has 0 fully saturated rings. The van der Waals surface area contributed by atoms with Crippen LogP contribution in [-0.2, 0) is 16.3 Å². The molecular formula is C20H24F2N2O3S. The molecule has 2 aromatic carbocycles. The SMILES string of the molecule is CC(Cc1c(F)cccc1F)NC(=O)N(C)C(C)c1ccc(S(C)(=O)=O)cc1. The van der Waals surface area contributed by atoms with E-state index < -0.39 is 33.5 Å². The fourth-order valence-corrected chi connectivity index (χ4v) is 3.42. The minimum atomic E-state index is -3.29. The number of urea groups is 1. The van der Waals surface area contributed by atoms with Gasteiger partial charge in [0.2, 0.25) is 0 Å². The number of rotatable bonds is 6. The third kappa shape index (κ3) is 5.28. The van der Waals surface area contributed by atoms with E-state index in [9.17, 15) is 22.0 Å². The Morgan fingerprint density at radius 3 is 2.11 bits per heavy atom. The van der Waals surface area contributed by atoms with Gasteiger partial charge in [0, 0.05) is 24.9 Å². The Morgan fingerprint density at radius 2 is 1.61 bits per heavy atom. The normalized spacial score (nSPS) is 13.6. The molecule has 2 aromatic rings. The maximum Gasteiger partial charge on any atom is 0.317 e. The van der Waals surface area contributed by atoms with Crippen LogP contribution < -0.4 is 5.32 Å². The van der Waals surface area contributed by atoms with Crippen LogP contribution in [-0.4, -0.2) is 38.7 Å². The van der Waals surface area contributed by atoms with Gasteiger partial charge in [0.15, 0.2) is 9.84 Å². The summed E-state index contributed by atoms with van der Waals surface area (Å²) in [7, 11) is -1.69. The summed E-state index contributed by atoms with van der Waals surface area (Å²) in [5.41, 5.74) is 0.695. The molecule has 0 aliphatic carbocycles. The Kier molecular flexibility index (Phi) is 6.77. The maximum atomic E-state index is 13.8. The average molecular weight is 410 g/mol. The molecule has 0 aliphatic heterocycles. The molecule has 0 aromatic heterocycles. The van der Waals surface area contributed by atoms with E-state index in [4.69, 9.17) is 0 Å². The molecule has 2 unspecified atom stereocenters. The second-order valence-electron chi connectivity index (χ2n) is 6.88. The Morgan fingerprint density at radius 1 is 1.07 bits per heavy atom. The predicted octanol–water partition coefficient (Wildman–Crippen LogP) is 3.70. The van der Waals surface area contributed by atoms with Crippen molar-refractivity contribution in [1.82, 2.24) is 10.2 Å². The number of amides is 2. The van der Waals surface area contributed by atoms with E-state index in [2.05, 4.69) is 5.32 Å². The van der Waals surface area contributed by atoms with Crippen molar-refractivity contribution >= 4 is 15.9 Å². The molecule has 2 atom stereocenters. The summed E-state index contributed by atoms with van der Waals surface area (Å²) in [4.78, 5) is 14.1. The molecule has 0 spiro atoms. The summed E-state index contributed by atoms with van der Waals surface area (Å²) in [6.07, 6.45) is 1.15. The maximum absolute atomic E-state index is 13.8. The van der Waals surface area contributed by atoms with Crippen molar-refractivity contribution in [3.05, 3.63) is 65.2 Å². The summed E-state index contributed by atoms with van der Waals surface area (Å²) in [6, 6.07) is 8.75. The summed E-state index contributed by atoms with van der Waals surface area (Å²) in [6.45, 7) is 3.47. The van der Waals surface area contributed by atoms with Crippen molar-refractivity contribution in [1.29, 1.82) is 0 Å². The van der Waals surface area contributed by atoms with E-state index in [0.717, 1.165) is 11.8 Å². The van der Waals surface area contributed by atoms with Gasteiger partial charge < -0.3 is 10.2 Å². The number of halogens is 2. The molecule has 0 heterocycles. The Bertz CT molecular complexity index is 926. The van der Waals surface area contributed by atoms with Crippen LogP contribution >= 0.6 is 0 Å². The van der Waals surface area contributed by atoms with Gasteiger partial charge >= 0.3 is 6.03 Å². The third-order valence-corrected chi connectivity index (χ3v) is 5.76. The largest absolute Gasteiger partial charge is 0.335 e. The number of carbonyl (C=O) groups is 1. The van der Waals surface area contributed by atoms with Gasteiger partial charge in [-0.3, -0.25) is 0 Å². The molecule has 0 aliphatic rings. The van der Waals surface area contributed by atoms with E-state index in [1.165, 1.54) is 35.2 Å². The zero-order valence-corrected chi connectivity index (χ0v) is 17.1. The van der Waals surface area contributed by atoms with Crippen LogP contribution in [0.25, 0.3) is 0 Å². The van der Waals surface area contributed by atoms with Crippen molar-refractivity contribution in [2.24, 2.45) is 0 Å². The Hall–Kier alpha value is -2.48. The van der Waals surface area contributed by atoms with Gasteiger partial charge in [0.25, 0.3) is 0 Å². The lowest BCUT2D eigenvalue weighted by Crippen LogP contribution is -2.43. The Balaban J connectivity index is 2.03. The van der Waals surface area contributed by atoms with Crippen molar-refractivity contribution in [2.75, 3.05) is 13.3 Å². The van der Waals surface area contributed by atoms with E-state index in [0.29, 0.717) is 0 Å². The molecule has 2 rings (SSSR count). The lowest BCUT2D eigenvalue weighted by Gasteiger charge is -2.27. The molecule has 0 saturated carbocycles. The fraction of sp³-hybridized carbons (Fsp3) is 0.350. The van der Waals surface area contributed by atoms with Crippen LogP contribution in [0.5, 0.6) is 0 Å². The highest BCUT2D eigenvalue weighted by Gasteiger charge is 2.21. The lowest BCUT2D eigenvalue weighted by atomic mass is 10.1. The zero-order valence-electron chi connectivity index (χ0n) is 16.2. The highest BCUT2D eigenvalue weighted by atomic mass is 32.2. The van der Waals surface area contributed by atoms with Crippen molar-refractivity contribution in [2.45, 2.75) is 37.2 Å². The molecular weight excluding hydrogens is 386 g/mol. The van der Waals surface area contributed by atoms with E-state index in [1.54, 1.807) is 33.0 Å². The molecule has 2 amide bonds. The minimum Gasteiger partial charge on any atom is -0.335 e. The monoisotopic (exact) mass is 410 g/mol. The molecule has 0 saturated heterocycles. The van der Waals surface area contributed by atoms with Crippen molar-refractivity contribution in [3.63, 3.8) is 0 Å². The molecule has 152 valence electrons. The standard InChI is InChI=1S/C20H24F2N2O3S/c1-13(12-17-18(21)6-5-7-19(17)22)23-20(25)24(3)14(2)15-8-10-16(11-9-15)28(4,26)27/h5-11,13-14H,12H2,1-4H3,(H,23,25). The topological polar surface area (TPSA) is 66.5 Å².